The summed E-state index contributed by atoms with van der Waals surface area (Å²) in [5, 5.41) is 6.98. The first kappa shape index (κ1) is 20.7. The second-order valence-corrected chi connectivity index (χ2v) is 8.87. The monoisotopic (exact) mass is 432 g/mol. The lowest BCUT2D eigenvalue weighted by atomic mass is 9.85. The number of methoxy groups -OCH3 is 1. The van der Waals surface area contributed by atoms with Gasteiger partial charge in [-0.05, 0) is 37.0 Å². The summed E-state index contributed by atoms with van der Waals surface area (Å²) in [6, 6.07) is 4.71. The molecule has 160 valence electrons. The highest BCUT2D eigenvalue weighted by Gasteiger charge is 2.38. The van der Waals surface area contributed by atoms with Gasteiger partial charge in [0, 0.05) is 36.9 Å². The minimum atomic E-state index is -0.510. The lowest BCUT2D eigenvalue weighted by Gasteiger charge is -2.29. The van der Waals surface area contributed by atoms with Crippen LogP contribution in [0.2, 0.25) is 0 Å². The number of thioether (sulfide) groups is 1. The first-order chi connectivity index (χ1) is 14.5. The summed E-state index contributed by atoms with van der Waals surface area (Å²) in [6.45, 7) is 1.35. The number of nitrogens with zero attached hydrogens (tertiary/aromatic N) is 2. The van der Waals surface area contributed by atoms with Gasteiger partial charge in [-0.25, -0.2) is 9.37 Å². The number of aryl methyl sites for hydroxylation is 1. The molecule has 7 nitrogen and oxygen atoms in total. The van der Waals surface area contributed by atoms with Crippen LogP contribution >= 0.6 is 11.8 Å². The van der Waals surface area contributed by atoms with Crippen molar-refractivity contribution in [2.24, 2.45) is 0 Å². The predicted molar refractivity (Wildman–Crippen MR) is 111 cm³/mol. The smallest absolute Gasteiger partial charge is 0.220 e. The molecule has 1 unspecified atom stereocenters. The minimum Gasteiger partial charge on any atom is -0.494 e. The molecule has 1 fully saturated rings. The highest BCUT2D eigenvalue weighted by Crippen LogP contribution is 2.31. The molecule has 2 aliphatic rings. The number of imidazole rings is 1. The van der Waals surface area contributed by atoms with E-state index in [9.17, 15) is 14.0 Å². The van der Waals surface area contributed by atoms with Gasteiger partial charge in [0.15, 0.2) is 16.7 Å². The molecule has 1 saturated heterocycles. The van der Waals surface area contributed by atoms with E-state index in [4.69, 9.17) is 4.74 Å². The zero-order valence-corrected chi connectivity index (χ0v) is 17.7. The Morgan fingerprint density at radius 1 is 1.47 bits per heavy atom. The van der Waals surface area contributed by atoms with E-state index in [0.717, 1.165) is 28.7 Å². The molecule has 2 N–H and O–H groups in total. The van der Waals surface area contributed by atoms with Crippen LogP contribution in [0.1, 0.15) is 36.9 Å². The van der Waals surface area contributed by atoms with Crippen molar-refractivity contribution in [1.82, 2.24) is 20.2 Å². The third-order valence-corrected chi connectivity index (χ3v) is 6.61. The van der Waals surface area contributed by atoms with Gasteiger partial charge >= 0.3 is 0 Å². The average Bonchev–Trinajstić information content (AvgIpc) is 3.42. The number of fused-ring (bicyclic) bond motifs is 1. The second-order valence-electron chi connectivity index (χ2n) is 7.81. The van der Waals surface area contributed by atoms with Crippen molar-refractivity contribution in [3.63, 3.8) is 0 Å². The number of halogens is 1. The van der Waals surface area contributed by atoms with Gasteiger partial charge in [0.05, 0.1) is 19.3 Å². The normalized spacial score (nSPS) is 20.1. The fraction of sp³-hybridized carbons (Fsp3) is 0.476. The maximum absolute atomic E-state index is 13.7. The topological polar surface area (TPSA) is 85.2 Å². The summed E-state index contributed by atoms with van der Waals surface area (Å²) >= 11 is 1.72. The number of rotatable bonds is 8. The lowest BCUT2D eigenvalue weighted by molar-refractivity contribution is -0.122. The molecule has 0 spiro atoms. The van der Waals surface area contributed by atoms with Gasteiger partial charge in [-0.3, -0.25) is 9.59 Å². The number of ether oxygens (including phenoxy) is 1. The summed E-state index contributed by atoms with van der Waals surface area (Å²) in [5.74, 6) is 0.703. The fourth-order valence-corrected chi connectivity index (χ4v) is 5.03. The number of benzene rings is 1. The van der Waals surface area contributed by atoms with Crippen LogP contribution in [0.3, 0.4) is 0 Å². The van der Waals surface area contributed by atoms with E-state index >= 15 is 0 Å². The van der Waals surface area contributed by atoms with Crippen molar-refractivity contribution in [3.8, 4) is 5.75 Å². The Hall–Kier alpha value is -2.55. The zero-order valence-electron chi connectivity index (χ0n) is 16.9. The van der Waals surface area contributed by atoms with Gasteiger partial charge in [0.2, 0.25) is 11.8 Å². The highest BCUT2D eigenvalue weighted by atomic mass is 32.2. The van der Waals surface area contributed by atoms with E-state index in [1.807, 2.05) is 6.20 Å². The van der Waals surface area contributed by atoms with Gasteiger partial charge in [0.1, 0.15) is 0 Å². The molecule has 2 amide bonds. The maximum atomic E-state index is 13.7. The number of nitrogens with one attached hydrogen (secondary N) is 2. The van der Waals surface area contributed by atoms with E-state index in [0.29, 0.717) is 38.6 Å². The SMILES string of the molecule is COc1cc(CC2(CCC(=O)NCc3cn4c(n3)SCC4)CCC(=O)N2)ccc1F. The Kier molecular flexibility index (Phi) is 5.99. The summed E-state index contributed by atoms with van der Waals surface area (Å²) < 4.78 is 20.9. The number of amides is 2. The Morgan fingerprint density at radius 2 is 2.33 bits per heavy atom. The Morgan fingerprint density at radius 3 is 3.07 bits per heavy atom. The second kappa shape index (κ2) is 8.67. The zero-order chi connectivity index (χ0) is 21.1. The Balaban J connectivity index is 1.35. The molecule has 30 heavy (non-hydrogen) atoms. The maximum Gasteiger partial charge on any atom is 0.220 e. The molecule has 0 radical (unpaired) electrons. The molecular weight excluding hydrogens is 407 g/mol. The molecule has 1 aromatic carbocycles. The molecule has 1 atom stereocenters. The summed E-state index contributed by atoms with van der Waals surface area (Å²) in [5.41, 5.74) is 1.21. The third-order valence-electron chi connectivity index (χ3n) is 5.64. The van der Waals surface area contributed by atoms with Crippen molar-refractivity contribution >= 4 is 23.6 Å². The van der Waals surface area contributed by atoms with E-state index < -0.39 is 11.4 Å². The van der Waals surface area contributed by atoms with Gasteiger partial charge < -0.3 is 19.9 Å². The first-order valence-corrected chi connectivity index (χ1v) is 11.0. The van der Waals surface area contributed by atoms with Crippen molar-refractivity contribution in [2.45, 2.75) is 55.9 Å². The van der Waals surface area contributed by atoms with Crippen LogP contribution in [0.4, 0.5) is 4.39 Å². The molecule has 1 aromatic heterocycles. The van der Waals surface area contributed by atoms with Crippen molar-refractivity contribution in [2.75, 3.05) is 12.9 Å². The number of hydrogen-bond acceptors (Lipinski definition) is 5. The van der Waals surface area contributed by atoms with Crippen molar-refractivity contribution < 1.29 is 18.7 Å². The minimum absolute atomic E-state index is 0.0190. The van der Waals surface area contributed by atoms with Gasteiger partial charge in [-0.2, -0.15) is 0 Å². The Bertz CT molecular complexity index is 942. The third kappa shape index (κ3) is 4.61. The molecule has 3 heterocycles. The van der Waals surface area contributed by atoms with E-state index in [2.05, 4.69) is 20.2 Å². The van der Waals surface area contributed by atoms with Crippen molar-refractivity contribution in [1.29, 1.82) is 0 Å². The van der Waals surface area contributed by atoms with Crippen LogP contribution in [0.25, 0.3) is 0 Å². The predicted octanol–water partition coefficient (Wildman–Crippen LogP) is 2.42. The first-order valence-electron chi connectivity index (χ1n) is 10.1. The molecular formula is C21H25FN4O3S. The lowest BCUT2D eigenvalue weighted by Crippen LogP contribution is -2.44. The molecule has 9 heteroatoms. The molecule has 0 bridgehead atoms. The fourth-order valence-electron chi connectivity index (χ4n) is 4.06. The molecule has 4 rings (SSSR count). The molecule has 0 aliphatic carbocycles. The van der Waals surface area contributed by atoms with Crippen LogP contribution in [0, 0.1) is 5.82 Å². The van der Waals surface area contributed by atoms with Gasteiger partial charge in [-0.15, -0.1) is 0 Å². The van der Waals surface area contributed by atoms with Crippen LogP contribution in [0.5, 0.6) is 5.75 Å². The summed E-state index contributed by atoms with van der Waals surface area (Å²) in [4.78, 5) is 28.9. The number of carbonyl (C=O) groups is 2. The molecule has 2 aromatic rings. The van der Waals surface area contributed by atoms with E-state index in [1.54, 1.807) is 23.9 Å². The number of carbonyl (C=O) groups excluding carboxylic acids is 2. The highest BCUT2D eigenvalue weighted by molar-refractivity contribution is 7.99. The Labute approximate surface area is 178 Å². The van der Waals surface area contributed by atoms with Crippen molar-refractivity contribution in [3.05, 3.63) is 41.5 Å². The van der Waals surface area contributed by atoms with Gasteiger partial charge in [0.25, 0.3) is 0 Å². The van der Waals surface area contributed by atoms with Crippen LogP contribution in [0.15, 0.2) is 29.6 Å². The van der Waals surface area contributed by atoms with Gasteiger partial charge in [-0.1, -0.05) is 17.8 Å². The summed E-state index contributed by atoms with van der Waals surface area (Å²) in [6.07, 6.45) is 4.38. The number of aromatic nitrogens is 2. The molecule has 0 saturated carbocycles. The van der Waals surface area contributed by atoms with Crippen LogP contribution in [-0.4, -0.2) is 39.8 Å². The standard InChI is InChI=1S/C21H25FN4O3S/c1-29-17-10-14(2-3-16(17)22)11-21(7-5-19(28)25-21)6-4-18(27)23-12-15-13-26-8-9-30-20(26)24-15/h2-3,10,13H,4-9,11-12H2,1H3,(H,23,27)(H,25,28). The molecule has 2 aliphatic heterocycles. The van der Waals surface area contributed by atoms with Crippen LogP contribution < -0.4 is 15.4 Å². The van der Waals surface area contributed by atoms with Crippen LogP contribution in [-0.2, 0) is 29.1 Å². The van der Waals surface area contributed by atoms with E-state index in [-0.39, 0.29) is 17.6 Å². The summed E-state index contributed by atoms with van der Waals surface area (Å²) in [7, 11) is 1.42. The average molecular weight is 433 g/mol. The largest absolute Gasteiger partial charge is 0.494 e. The van der Waals surface area contributed by atoms with E-state index in [1.165, 1.54) is 13.2 Å². The quantitative estimate of drug-likeness (QED) is 0.669. The number of hydrogen-bond donors (Lipinski definition) is 2.